The molecule has 2 saturated heterocycles. The van der Waals surface area contributed by atoms with Gasteiger partial charge >= 0.3 is 0 Å². The van der Waals surface area contributed by atoms with E-state index in [0.717, 1.165) is 51.8 Å². The lowest BCUT2D eigenvalue weighted by atomic mass is 9.96. The molecule has 0 bridgehead atoms. The molecule has 1 unspecified atom stereocenters. The molecule has 0 spiro atoms. The van der Waals surface area contributed by atoms with Crippen LogP contribution in [0.25, 0.3) is 0 Å². The van der Waals surface area contributed by atoms with Crippen LogP contribution in [0.4, 0.5) is 0 Å². The summed E-state index contributed by atoms with van der Waals surface area (Å²) in [5.41, 5.74) is 5.64. The maximum Gasteiger partial charge on any atom is 0.222 e. The first kappa shape index (κ1) is 13.7. The van der Waals surface area contributed by atoms with Gasteiger partial charge in [0, 0.05) is 32.0 Å². The minimum atomic E-state index is 0.256. The first-order chi connectivity index (χ1) is 8.66. The maximum atomic E-state index is 12.0. The lowest BCUT2D eigenvalue weighted by Gasteiger charge is -2.31. The van der Waals surface area contributed by atoms with Crippen LogP contribution in [-0.4, -0.2) is 41.6 Å². The number of piperidine rings is 1. The molecular weight excluding hydrogens is 248 g/mol. The molecule has 4 nitrogen and oxygen atoms in total. The summed E-state index contributed by atoms with van der Waals surface area (Å²) >= 11 is 5.00. The monoisotopic (exact) mass is 270 g/mol. The SMILES string of the molecule is NC(=S)C1CCN(C(=O)CCC2CCCO2)CC1. The number of likely N-dealkylation sites (tertiary alicyclic amines) is 1. The molecule has 0 radical (unpaired) electrons. The van der Waals surface area contributed by atoms with E-state index in [1.54, 1.807) is 0 Å². The Morgan fingerprint density at radius 3 is 2.61 bits per heavy atom. The minimum absolute atomic E-state index is 0.256. The standard InChI is InChI=1S/C13H22N2O2S/c14-13(18)10-5-7-15(8-6-10)12(16)4-3-11-2-1-9-17-11/h10-11H,1-9H2,(H2,14,18). The molecule has 0 saturated carbocycles. The zero-order valence-electron chi connectivity index (χ0n) is 10.8. The summed E-state index contributed by atoms with van der Waals surface area (Å²) in [7, 11) is 0. The van der Waals surface area contributed by atoms with Crippen LogP contribution in [0.15, 0.2) is 0 Å². The summed E-state index contributed by atoms with van der Waals surface area (Å²) in [5.74, 6) is 0.578. The predicted molar refractivity (Wildman–Crippen MR) is 74.3 cm³/mol. The van der Waals surface area contributed by atoms with Crippen molar-refractivity contribution in [2.75, 3.05) is 19.7 Å². The lowest BCUT2D eigenvalue weighted by Crippen LogP contribution is -2.41. The van der Waals surface area contributed by atoms with Crippen molar-refractivity contribution in [3.05, 3.63) is 0 Å². The summed E-state index contributed by atoms with van der Waals surface area (Å²) < 4.78 is 5.53. The number of thiocarbonyl (C=S) groups is 1. The summed E-state index contributed by atoms with van der Waals surface area (Å²) in [6.07, 6.45) is 5.87. The van der Waals surface area contributed by atoms with Crippen LogP contribution < -0.4 is 5.73 Å². The van der Waals surface area contributed by atoms with Crippen molar-refractivity contribution in [3.8, 4) is 0 Å². The first-order valence-electron chi connectivity index (χ1n) is 6.85. The van der Waals surface area contributed by atoms with Gasteiger partial charge < -0.3 is 15.4 Å². The number of amides is 1. The molecule has 0 aromatic heterocycles. The lowest BCUT2D eigenvalue weighted by molar-refractivity contribution is -0.132. The highest BCUT2D eigenvalue weighted by Crippen LogP contribution is 2.20. The molecule has 18 heavy (non-hydrogen) atoms. The van der Waals surface area contributed by atoms with Crippen LogP contribution in [-0.2, 0) is 9.53 Å². The average Bonchev–Trinajstić information content (AvgIpc) is 2.89. The minimum Gasteiger partial charge on any atom is -0.393 e. The van der Waals surface area contributed by atoms with E-state index in [1.165, 1.54) is 0 Å². The third-order valence-electron chi connectivity index (χ3n) is 3.95. The zero-order chi connectivity index (χ0) is 13.0. The molecule has 1 atom stereocenters. The molecule has 0 aromatic carbocycles. The fraction of sp³-hybridized carbons (Fsp3) is 0.846. The molecule has 102 valence electrons. The fourth-order valence-electron chi connectivity index (χ4n) is 2.73. The van der Waals surface area contributed by atoms with E-state index < -0.39 is 0 Å². The number of carbonyl (C=O) groups excluding carboxylic acids is 1. The van der Waals surface area contributed by atoms with E-state index in [9.17, 15) is 4.79 Å². The van der Waals surface area contributed by atoms with E-state index in [0.29, 0.717) is 23.4 Å². The Morgan fingerprint density at radius 1 is 1.33 bits per heavy atom. The van der Waals surface area contributed by atoms with Crippen molar-refractivity contribution in [1.82, 2.24) is 4.90 Å². The topological polar surface area (TPSA) is 55.6 Å². The molecular formula is C13H22N2O2S. The van der Waals surface area contributed by atoms with Crippen molar-refractivity contribution in [1.29, 1.82) is 0 Å². The van der Waals surface area contributed by atoms with E-state index >= 15 is 0 Å². The number of nitrogens with zero attached hydrogens (tertiary/aromatic N) is 1. The second-order valence-electron chi connectivity index (χ2n) is 5.23. The zero-order valence-corrected chi connectivity index (χ0v) is 11.6. The molecule has 2 aliphatic rings. The number of nitrogens with two attached hydrogens (primary N) is 1. The molecule has 5 heteroatoms. The highest BCUT2D eigenvalue weighted by atomic mass is 32.1. The fourth-order valence-corrected chi connectivity index (χ4v) is 2.96. The van der Waals surface area contributed by atoms with Gasteiger partial charge in [0.1, 0.15) is 0 Å². The number of ether oxygens (including phenoxy) is 1. The number of hydrogen-bond donors (Lipinski definition) is 1. The Labute approximate surface area is 114 Å². The van der Waals surface area contributed by atoms with Gasteiger partial charge in [-0.3, -0.25) is 4.79 Å². The van der Waals surface area contributed by atoms with E-state index in [2.05, 4.69) is 0 Å². The third kappa shape index (κ3) is 3.65. The predicted octanol–water partition coefficient (Wildman–Crippen LogP) is 1.47. The largest absolute Gasteiger partial charge is 0.393 e. The number of rotatable bonds is 4. The molecule has 2 aliphatic heterocycles. The van der Waals surface area contributed by atoms with Crippen molar-refractivity contribution >= 4 is 23.1 Å². The Morgan fingerprint density at radius 2 is 2.06 bits per heavy atom. The van der Waals surface area contributed by atoms with Crippen LogP contribution >= 0.6 is 12.2 Å². The summed E-state index contributed by atoms with van der Waals surface area (Å²) in [6, 6.07) is 0. The highest BCUT2D eigenvalue weighted by Gasteiger charge is 2.25. The normalized spacial score (nSPS) is 25.3. The second kappa shape index (κ2) is 6.48. The van der Waals surface area contributed by atoms with Crippen LogP contribution in [0.1, 0.15) is 38.5 Å². The second-order valence-corrected chi connectivity index (χ2v) is 5.70. The molecule has 2 N–H and O–H groups in total. The van der Waals surface area contributed by atoms with Crippen LogP contribution in [0, 0.1) is 5.92 Å². The Balaban J connectivity index is 1.68. The quantitative estimate of drug-likeness (QED) is 0.786. The molecule has 2 heterocycles. The summed E-state index contributed by atoms with van der Waals surface area (Å²) in [4.78, 5) is 14.6. The van der Waals surface area contributed by atoms with Crippen LogP contribution in [0.5, 0.6) is 0 Å². The summed E-state index contributed by atoms with van der Waals surface area (Å²) in [6.45, 7) is 2.46. The van der Waals surface area contributed by atoms with Gasteiger partial charge in [-0.15, -0.1) is 0 Å². The van der Waals surface area contributed by atoms with Crippen molar-refractivity contribution in [2.45, 2.75) is 44.6 Å². The highest BCUT2D eigenvalue weighted by molar-refractivity contribution is 7.80. The van der Waals surface area contributed by atoms with Gasteiger partial charge in [-0.2, -0.15) is 0 Å². The molecule has 0 aromatic rings. The van der Waals surface area contributed by atoms with E-state index in [4.69, 9.17) is 22.7 Å². The Bertz CT molecular complexity index is 308. The van der Waals surface area contributed by atoms with Crippen molar-refractivity contribution in [3.63, 3.8) is 0 Å². The Hall–Kier alpha value is -0.680. The first-order valence-corrected chi connectivity index (χ1v) is 7.26. The van der Waals surface area contributed by atoms with Gasteiger partial charge in [0.05, 0.1) is 11.1 Å². The van der Waals surface area contributed by atoms with Gasteiger partial charge in [-0.05, 0) is 32.1 Å². The molecule has 0 aliphatic carbocycles. The van der Waals surface area contributed by atoms with Crippen molar-refractivity contribution < 1.29 is 9.53 Å². The smallest absolute Gasteiger partial charge is 0.222 e. The van der Waals surface area contributed by atoms with Gasteiger partial charge in [0.15, 0.2) is 0 Å². The molecule has 2 rings (SSSR count). The summed E-state index contributed by atoms with van der Waals surface area (Å²) in [5, 5.41) is 0. The maximum absolute atomic E-state index is 12.0. The number of hydrogen-bond acceptors (Lipinski definition) is 3. The van der Waals surface area contributed by atoms with Gasteiger partial charge in [-0.25, -0.2) is 0 Å². The van der Waals surface area contributed by atoms with Crippen LogP contribution in [0.2, 0.25) is 0 Å². The van der Waals surface area contributed by atoms with Crippen LogP contribution in [0.3, 0.4) is 0 Å². The van der Waals surface area contributed by atoms with Crippen molar-refractivity contribution in [2.24, 2.45) is 11.7 Å². The van der Waals surface area contributed by atoms with Gasteiger partial charge in [0.25, 0.3) is 0 Å². The third-order valence-corrected chi connectivity index (χ3v) is 4.29. The molecule has 2 fully saturated rings. The number of carbonyl (C=O) groups is 1. The Kier molecular flexibility index (Phi) is 4.95. The van der Waals surface area contributed by atoms with Gasteiger partial charge in [-0.1, -0.05) is 12.2 Å². The van der Waals surface area contributed by atoms with E-state index in [1.807, 2.05) is 4.90 Å². The molecule has 1 amide bonds. The van der Waals surface area contributed by atoms with E-state index in [-0.39, 0.29) is 5.91 Å². The average molecular weight is 270 g/mol. The van der Waals surface area contributed by atoms with Gasteiger partial charge in [0.2, 0.25) is 5.91 Å².